The maximum Gasteiger partial charge on any atom is 0.0612 e. The van der Waals surface area contributed by atoms with Crippen molar-refractivity contribution >= 4 is 0 Å². The predicted octanol–water partition coefficient (Wildman–Crippen LogP) is -0.0827. The molecule has 0 saturated heterocycles. The second-order valence-electron chi connectivity index (χ2n) is 1.17. The fourth-order valence-corrected chi connectivity index (χ4v) is 0.267. The highest BCUT2D eigenvalue weighted by Crippen LogP contribution is 1.76. The molecule has 0 unspecified atom stereocenters. The third kappa shape index (κ3) is 5.66. The second kappa shape index (κ2) is 5.66. The normalized spacial score (nSPS) is 10.6. The van der Waals surface area contributed by atoms with Gasteiger partial charge in [0.2, 0.25) is 0 Å². The SMILES string of the molecule is OC/C=C/CCO. The van der Waals surface area contributed by atoms with Crippen LogP contribution in [-0.2, 0) is 0 Å². The molecule has 0 atom stereocenters. The Bertz CT molecular complexity index is 50.0. The van der Waals surface area contributed by atoms with Crippen molar-refractivity contribution in [3.63, 3.8) is 0 Å². The summed E-state index contributed by atoms with van der Waals surface area (Å²) in [5, 5.41) is 16.3. The largest absolute Gasteiger partial charge is 0.396 e. The van der Waals surface area contributed by atoms with E-state index in [0.29, 0.717) is 6.42 Å². The molecule has 0 saturated carbocycles. The number of hydrogen-bond acceptors (Lipinski definition) is 2. The van der Waals surface area contributed by atoms with E-state index in [1.165, 1.54) is 0 Å². The lowest BCUT2D eigenvalue weighted by molar-refractivity contribution is 0.301. The van der Waals surface area contributed by atoms with Crippen LogP contribution < -0.4 is 0 Å². The molecule has 0 bridgehead atoms. The van der Waals surface area contributed by atoms with Crippen LogP contribution in [0.5, 0.6) is 0 Å². The van der Waals surface area contributed by atoms with E-state index < -0.39 is 0 Å². The molecular formula is C5H10O2. The molecule has 0 radical (unpaired) electrons. The van der Waals surface area contributed by atoms with Gasteiger partial charge in [0, 0.05) is 6.61 Å². The van der Waals surface area contributed by atoms with Gasteiger partial charge in [0.25, 0.3) is 0 Å². The molecule has 2 N–H and O–H groups in total. The van der Waals surface area contributed by atoms with Gasteiger partial charge in [-0.2, -0.15) is 0 Å². The topological polar surface area (TPSA) is 40.5 Å². The van der Waals surface area contributed by atoms with E-state index in [9.17, 15) is 0 Å². The number of aliphatic hydroxyl groups is 2. The van der Waals surface area contributed by atoms with Gasteiger partial charge in [-0.3, -0.25) is 0 Å². The van der Waals surface area contributed by atoms with Gasteiger partial charge in [0.05, 0.1) is 6.61 Å². The van der Waals surface area contributed by atoms with Gasteiger partial charge in [0.1, 0.15) is 0 Å². The van der Waals surface area contributed by atoms with Crippen molar-refractivity contribution in [1.29, 1.82) is 0 Å². The Balaban J connectivity index is 2.78. The fraction of sp³-hybridized carbons (Fsp3) is 0.600. The van der Waals surface area contributed by atoms with Crippen LogP contribution in [0.3, 0.4) is 0 Å². The average molecular weight is 102 g/mol. The summed E-state index contributed by atoms with van der Waals surface area (Å²) >= 11 is 0. The number of hydrogen-bond donors (Lipinski definition) is 2. The van der Waals surface area contributed by atoms with Crippen LogP contribution in [-0.4, -0.2) is 23.4 Å². The number of aliphatic hydroxyl groups excluding tert-OH is 2. The van der Waals surface area contributed by atoms with Crippen molar-refractivity contribution in [3.05, 3.63) is 12.2 Å². The molecule has 7 heavy (non-hydrogen) atoms. The highest BCUT2D eigenvalue weighted by molar-refractivity contribution is 4.79. The van der Waals surface area contributed by atoms with Crippen LogP contribution in [0.2, 0.25) is 0 Å². The van der Waals surface area contributed by atoms with Gasteiger partial charge in [-0.1, -0.05) is 12.2 Å². The van der Waals surface area contributed by atoms with Crippen LogP contribution >= 0.6 is 0 Å². The third-order valence-corrected chi connectivity index (χ3v) is 0.568. The van der Waals surface area contributed by atoms with E-state index in [1.807, 2.05) is 0 Å². The quantitative estimate of drug-likeness (QED) is 0.489. The highest BCUT2D eigenvalue weighted by atomic mass is 16.3. The molecule has 0 aromatic carbocycles. The molecule has 0 aromatic heterocycles. The summed E-state index contributed by atoms with van der Waals surface area (Å²) in [6.45, 7) is 0.233. The summed E-state index contributed by atoms with van der Waals surface area (Å²) < 4.78 is 0. The molecule has 42 valence electrons. The van der Waals surface area contributed by atoms with Gasteiger partial charge < -0.3 is 10.2 Å². The Labute approximate surface area is 43.1 Å². The Kier molecular flexibility index (Phi) is 5.39. The summed E-state index contributed by atoms with van der Waals surface area (Å²) in [6.07, 6.45) is 3.98. The smallest absolute Gasteiger partial charge is 0.0612 e. The second-order valence-corrected chi connectivity index (χ2v) is 1.17. The Morgan fingerprint density at radius 1 is 1.14 bits per heavy atom. The Hall–Kier alpha value is -0.340. The zero-order valence-electron chi connectivity index (χ0n) is 4.17. The molecular weight excluding hydrogens is 92.1 g/mol. The van der Waals surface area contributed by atoms with Crippen LogP contribution in [0.25, 0.3) is 0 Å². The Morgan fingerprint density at radius 2 is 1.86 bits per heavy atom. The molecule has 0 heterocycles. The molecule has 0 aromatic rings. The minimum atomic E-state index is 0.0694. The van der Waals surface area contributed by atoms with E-state index in [1.54, 1.807) is 12.2 Å². The minimum Gasteiger partial charge on any atom is -0.396 e. The highest BCUT2D eigenvalue weighted by Gasteiger charge is 1.69. The third-order valence-electron chi connectivity index (χ3n) is 0.568. The van der Waals surface area contributed by atoms with Crippen molar-refractivity contribution in [2.24, 2.45) is 0 Å². The van der Waals surface area contributed by atoms with Crippen molar-refractivity contribution in [2.45, 2.75) is 6.42 Å². The van der Waals surface area contributed by atoms with Gasteiger partial charge >= 0.3 is 0 Å². The molecule has 2 heteroatoms. The van der Waals surface area contributed by atoms with E-state index in [-0.39, 0.29) is 13.2 Å². The van der Waals surface area contributed by atoms with Gasteiger partial charge in [-0.05, 0) is 6.42 Å². The summed E-state index contributed by atoms with van der Waals surface area (Å²) in [7, 11) is 0. The number of rotatable bonds is 3. The average Bonchev–Trinajstić information content (AvgIpc) is 1.69. The standard InChI is InChI=1S/C5H10O2/c6-4-2-1-3-5-7/h1-2,6-7H,3-5H2/b2-1+. The molecule has 0 amide bonds. The first-order valence-electron chi connectivity index (χ1n) is 2.28. The summed E-state index contributed by atoms with van der Waals surface area (Å²) in [5.41, 5.74) is 0. The lowest BCUT2D eigenvalue weighted by Crippen LogP contribution is -1.76. The van der Waals surface area contributed by atoms with E-state index in [0.717, 1.165) is 0 Å². The lowest BCUT2D eigenvalue weighted by Gasteiger charge is -1.79. The summed E-state index contributed by atoms with van der Waals surface area (Å²) in [6, 6.07) is 0. The minimum absolute atomic E-state index is 0.0694. The molecule has 0 aliphatic rings. The van der Waals surface area contributed by atoms with Gasteiger partial charge in [-0.25, -0.2) is 0 Å². The maximum atomic E-state index is 8.16. The van der Waals surface area contributed by atoms with E-state index in [4.69, 9.17) is 10.2 Å². The lowest BCUT2D eigenvalue weighted by atomic mass is 10.4. The van der Waals surface area contributed by atoms with Crippen LogP contribution in [0.15, 0.2) is 12.2 Å². The van der Waals surface area contributed by atoms with Gasteiger partial charge in [-0.15, -0.1) is 0 Å². The zero-order chi connectivity index (χ0) is 5.54. The molecule has 0 aliphatic heterocycles. The zero-order valence-corrected chi connectivity index (χ0v) is 4.17. The first-order chi connectivity index (χ1) is 3.41. The molecule has 0 spiro atoms. The molecule has 0 fully saturated rings. The molecule has 2 nitrogen and oxygen atoms in total. The van der Waals surface area contributed by atoms with Crippen LogP contribution in [0, 0.1) is 0 Å². The summed E-state index contributed by atoms with van der Waals surface area (Å²) in [5.74, 6) is 0. The maximum absolute atomic E-state index is 8.16. The van der Waals surface area contributed by atoms with E-state index >= 15 is 0 Å². The van der Waals surface area contributed by atoms with Crippen LogP contribution in [0.1, 0.15) is 6.42 Å². The fourth-order valence-electron chi connectivity index (χ4n) is 0.267. The monoisotopic (exact) mass is 102 g/mol. The van der Waals surface area contributed by atoms with E-state index in [2.05, 4.69) is 0 Å². The Morgan fingerprint density at radius 3 is 2.29 bits per heavy atom. The van der Waals surface area contributed by atoms with Crippen LogP contribution in [0.4, 0.5) is 0 Å². The molecule has 0 aliphatic carbocycles. The first kappa shape index (κ1) is 6.66. The van der Waals surface area contributed by atoms with Crippen molar-refractivity contribution in [2.75, 3.05) is 13.2 Å². The molecule has 0 rings (SSSR count). The van der Waals surface area contributed by atoms with Crippen molar-refractivity contribution in [1.82, 2.24) is 0 Å². The van der Waals surface area contributed by atoms with Gasteiger partial charge in [0.15, 0.2) is 0 Å². The predicted molar refractivity (Wildman–Crippen MR) is 27.9 cm³/mol. The van der Waals surface area contributed by atoms with Crippen molar-refractivity contribution in [3.8, 4) is 0 Å². The van der Waals surface area contributed by atoms with Crippen molar-refractivity contribution < 1.29 is 10.2 Å². The first-order valence-corrected chi connectivity index (χ1v) is 2.28. The summed E-state index contributed by atoms with van der Waals surface area (Å²) in [4.78, 5) is 0.